The highest BCUT2D eigenvalue weighted by atomic mass is 79.9. The first-order chi connectivity index (χ1) is 10.3. The van der Waals surface area contributed by atoms with Gasteiger partial charge in [0.15, 0.2) is 0 Å². The molecule has 1 aliphatic heterocycles. The Morgan fingerprint density at radius 1 is 1.29 bits per heavy atom. The summed E-state index contributed by atoms with van der Waals surface area (Å²) < 4.78 is 12.4. The Labute approximate surface area is 133 Å². The van der Waals surface area contributed by atoms with E-state index in [1.54, 1.807) is 0 Å². The Bertz CT molecular complexity index is 643. The summed E-state index contributed by atoms with van der Waals surface area (Å²) in [7, 11) is 0. The first-order valence-corrected chi connectivity index (χ1v) is 7.96. The van der Waals surface area contributed by atoms with Crippen LogP contribution in [0.15, 0.2) is 40.9 Å². The zero-order valence-electron chi connectivity index (χ0n) is 12.0. The van der Waals surface area contributed by atoms with Crippen molar-refractivity contribution in [3.8, 4) is 11.5 Å². The van der Waals surface area contributed by atoms with Crippen LogP contribution in [0.1, 0.15) is 18.1 Å². The molecule has 1 aliphatic rings. The third-order valence-electron chi connectivity index (χ3n) is 3.45. The van der Waals surface area contributed by atoms with Crippen molar-refractivity contribution in [2.75, 3.05) is 18.5 Å². The summed E-state index contributed by atoms with van der Waals surface area (Å²) in [5.74, 6) is 1.92. The fourth-order valence-electron chi connectivity index (χ4n) is 2.54. The van der Waals surface area contributed by atoms with Crippen LogP contribution in [-0.4, -0.2) is 13.2 Å². The van der Waals surface area contributed by atoms with E-state index in [4.69, 9.17) is 9.47 Å². The molecule has 0 radical (unpaired) electrons. The van der Waals surface area contributed by atoms with Gasteiger partial charge in [0, 0.05) is 34.8 Å². The van der Waals surface area contributed by atoms with Crippen molar-refractivity contribution >= 4 is 21.6 Å². The van der Waals surface area contributed by atoms with Crippen LogP contribution in [0.3, 0.4) is 0 Å². The molecule has 3 rings (SSSR count). The standard InChI is InChI=1S/C17H18BrNO2/c1-2-20-16-5-3-4-15(10-16)19-11-13-9-14(18)8-12-6-7-21-17(12)13/h3-5,8-10,19H,2,6-7,11H2,1H3. The van der Waals surface area contributed by atoms with E-state index in [0.717, 1.165) is 41.2 Å². The molecule has 0 saturated carbocycles. The van der Waals surface area contributed by atoms with Crippen LogP contribution in [0.5, 0.6) is 11.5 Å². The van der Waals surface area contributed by atoms with Gasteiger partial charge >= 0.3 is 0 Å². The second kappa shape index (κ2) is 6.39. The average molecular weight is 348 g/mol. The van der Waals surface area contributed by atoms with Gasteiger partial charge in [0.25, 0.3) is 0 Å². The maximum Gasteiger partial charge on any atom is 0.127 e. The first-order valence-electron chi connectivity index (χ1n) is 7.17. The molecule has 0 fully saturated rings. The molecular formula is C17H18BrNO2. The molecule has 0 saturated heterocycles. The van der Waals surface area contributed by atoms with E-state index in [0.29, 0.717) is 6.61 Å². The summed E-state index contributed by atoms with van der Waals surface area (Å²) in [6, 6.07) is 12.3. The van der Waals surface area contributed by atoms with E-state index in [1.807, 2.05) is 31.2 Å². The lowest BCUT2D eigenvalue weighted by molar-refractivity contribution is 0.340. The van der Waals surface area contributed by atoms with Gasteiger partial charge in [-0.05, 0) is 36.8 Å². The topological polar surface area (TPSA) is 30.5 Å². The van der Waals surface area contributed by atoms with Gasteiger partial charge in [-0.15, -0.1) is 0 Å². The fourth-order valence-corrected chi connectivity index (χ4v) is 3.09. The van der Waals surface area contributed by atoms with Gasteiger partial charge in [0.2, 0.25) is 0 Å². The monoisotopic (exact) mass is 347 g/mol. The van der Waals surface area contributed by atoms with E-state index in [1.165, 1.54) is 11.1 Å². The van der Waals surface area contributed by atoms with Gasteiger partial charge in [-0.1, -0.05) is 22.0 Å². The second-order valence-corrected chi connectivity index (χ2v) is 5.88. The molecule has 0 amide bonds. The molecule has 0 atom stereocenters. The van der Waals surface area contributed by atoms with E-state index < -0.39 is 0 Å². The maximum absolute atomic E-state index is 5.75. The molecule has 0 spiro atoms. The summed E-state index contributed by atoms with van der Waals surface area (Å²) in [4.78, 5) is 0. The van der Waals surface area contributed by atoms with Crippen LogP contribution < -0.4 is 14.8 Å². The molecule has 2 aromatic rings. The molecule has 1 heterocycles. The maximum atomic E-state index is 5.75. The summed E-state index contributed by atoms with van der Waals surface area (Å²) >= 11 is 3.57. The number of fused-ring (bicyclic) bond motifs is 1. The summed E-state index contributed by atoms with van der Waals surface area (Å²) in [6.07, 6.45) is 0.988. The van der Waals surface area contributed by atoms with E-state index >= 15 is 0 Å². The van der Waals surface area contributed by atoms with Crippen LogP contribution >= 0.6 is 15.9 Å². The van der Waals surface area contributed by atoms with Gasteiger partial charge in [-0.3, -0.25) is 0 Å². The molecular weight excluding hydrogens is 330 g/mol. The van der Waals surface area contributed by atoms with E-state index in [2.05, 4.69) is 33.4 Å². The number of halogens is 1. The van der Waals surface area contributed by atoms with Crippen molar-refractivity contribution in [1.29, 1.82) is 0 Å². The Kier molecular flexibility index (Phi) is 4.34. The molecule has 0 unspecified atom stereocenters. The van der Waals surface area contributed by atoms with Gasteiger partial charge in [-0.25, -0.2) is 0 Å². The Morgan fingerprint density at radius 3 is 3.05 bits per heavy atom. The largest absolute Gasteiger partial charge is 0.494 e. The van der Waals surface area contributed by atoms with Gasteiger partial charge in [0.05, 0.1) is 13.2 Å². The molecule has 0 bridgehead atoms. The fraction of sp³-hybridized carbons (Fsp3) is 0.294. The van der Waals surface area contributed by atoms with Crippen LogP contribution in [0.4, 0.5) is 5.69 Å². The van der Waals surface area contributed by atoms with Crippen molar-refractivity contribution in [1.82, 2.24) is 0 Å². The molecule has 21 heavy (non-hydrogen) atoms. The highest BCUT2D eigenvalue weighted by Gasteiger charge is 2.17. The van der Waals surface area contributed by atoms with Crippen LogP contribution in [0, 0.1) is 0 Å². The van der Waals surface area contributed by atoms with Crippen LogP contribution in [0.25, 0.3) is 0 Å². The smallest absolute Gasteiger partial charge is 0.127 e. The quantitative estimate of drug-likeness (QED) is 0.869. The third kappa shape index (κ3) is 3.32. The average Bonchev–Trinajstić information content (AvgIpc) is 2.93. The molecule has 0 aromatic heterocycles. The lowest BCUT2D eigenvalue weighted by Gasteiger charge is -2.12. The van der Waals surface area contributed by atoms with Crippen LogP contribution in [-0.2, 0) is 13.0 Å². The number of ether oxygens (including phenoxy) is 2. The Balaban J connectivity index is 1.75. The molecule has 110 valence electrons. The van der Waals surface area contributed by atoms with E-state index in [-0.39, 0.29) is 0 Å². The normalized spacial score (nSPS) is 12.7. The minimum Gasteiger partial charge on any atom is -0.494 e. The minimum atomic E-state index is 0.677. The minimum absolute atomic E-state index is 0.677. The second-order valence-electron chi connectivity index (χ2n) is 4.97. The molecule has 1 N–H and O–H groups in total. The number of hydrogen-bond donors (Lipinski definition) is 1. The molecule has 4 heteroatoms. The zero-order valence-corrected chi connectivity index (χ0v) is 13.6. The van der Waals surface area contributed by atoms with Crippen molar-refractivity contribution < 1.29 is 9.47 Å². The summed E-state index contributed by atoms with van der Waals surface area (Å²) in [6.45, 7) is 4.18. The zero-order chi connectivity index (χ0) is 14.7. The lowest BCUT2D eigenvalue weighted by Crippen LogP contribution is -2.02. The van der Waals surface area contributed by atoms with E-state index in [9.17, 15) is 0 Å². The van der Waals surface area contributed by atoms with Crippen LogP contribution in [0.2, 0.25) is 0 Å². The third-order valence-corrected chi connectivity index (χ3v) is 3.91. The van der Waals surface area contributed by atoms with Crippen molar-refractivity contribution in [2.24, 2.45) is 0 Å². The number of rotatable bonds is 5. The Hall–Kier alpha value is -1.68. The van der Waals surface area contributed by atoms with Gasteiger partial charge < -0.3 is 14.8 Å². The number of anilines is 1. The number of benzene rings is 2. The van der Waals surface area contributed by atoms with Gasteiger partial charge in [0.1, 0.15) is 11.5 Å². The molecule has 2 aromatic carbocycles. The van der Waals surface area contributed by atoms with Crippen molar-refractivity contribution in [3.05, 3.63) is 52.0 Å². The molecule has 3 nitrogen and oxygen atoms in total. The highest BCUT2D eigenvalue weighted by Crippen LogP contribution is 2.33. The first kappa shape index (κ1) is 14.3. The van der Waals surface area contributed by atoms with Gasteiger partial charge in [-0.2, -0.15) is 0 Å². The Morgan fingerprint density at radius 2 is 2.19 bits per heavy atom. The summed E-state index contributed by atoms with van der Waals surface area (Å²) in [5, 5.41) is 3.44. The highest BCUT2D eigenvalue weighted by molar-refractivity contribution is 9.10. The van der Waals surface area contributed by atoms with Crippen molar-refractivity contribution in [3.63, 3.8) is 0 Å². The van der Waals surface area contributed by atoms with Crippen molar-refractivity contribution in [2.45, 2.75) is 19.9 Å². The number of nitrogens with one attached hydrogen (secondary N) is 1. The number of hydrogen-bond acceptors (Lipinski definition) is 3. The predicted molar refractivity (Wildman–Crippen MR) is 88.3 cm³/mol. The lowest BCUT2D eigenvalue weighted by atomic mass is 10.1. The SMILES string of the molecule is CCOc1cccc(NCc2cc(Br)cc3c2OCC3)c1. The predicted octanol–water partition coefficient (Wildman–Crippen LogP) is 4.39. The summed E-state index contributed by atoms with van der Waals surface area (Å²) in [5.41, 5.74) is 3.51. The molecule has 0 aliphatic carbocycles.